The predicted molar refractivity (Wildman–Crippen MR) is 104 cm³/mol. The van der Waals surface area contributed by atoms with E-state index in [0.29, 0.717) is 37.8 Å². The van der Waals surface area contributed by atoms with Gasteiger partial charge in [0.25, 0.3) is 0 Å². The molecule has 0 atom stereocenters. The highest BCUT2D eigenvalue weighted by Gasteiger charge is 2.30. The van der Waals surface area contributed by atoms with Crippen molar-refractivity contribution in [3.05, 3.63) is 23.9 Å². The Balaban J connectivity index is 2.36. The molecule has 0 fully saturated rings. The predicted octanol–water partition coefficient (Wildman–Crippen LogP) is 2.37. The highest BCUT2D eigenvalue weighted by atomic mass is 19.4. The highest BCUT2D eigenvalue weighted by Crippen LogP contribution is 2.28. The first-order valence-corrected chi connectivity index (χ1v) is 9.11. The normalized spacial score (nSPS) is 12.5. The number of nitrogens with zero attached hydrogens (tertiary/aromatic N) is 2. The van der Waals surface area contributed by atoms with Gasteiger partial charge in [0.15, 0.2) is 5.96 Å². The summed E-state index contributed by atoms with van der Waals surface area (Å²) in [6.45, 7) is 9.38. The molecule has 1 aromatic rings. The van der Waals surface area contributed by atoms with E-state index in [1.807, 2.05) is 27.7 Å². The van der Waals surface area contributed by atoms with E-state index < -0.39 is 11.7 Å². The number of pyridine rings is 1. The van der Waals surface area contributed by atoms with Crippen molar-refractivity contribution < 1.29 is 18.0 Å². The second-order valence-electron chi connectivity index (χ2n) is 7.13. The summed E-state index contributed by atoms with van der Waals surface area (Å²) in [5.41, 5.74) is -1.09. The highest BCUT2D eigenvalue weighted by molar-refractivity contribution is 5.85. The summed E-state index contributed by atoms with van der Waals surface area (Å²) in [6, 6.07) is 2.29. The lowest BCUT2D eigenvalue weighted by Crippen LogP contribution is -2.43. The zero-order valence-electron chi connectivity index (χ0n) is 16.7. The molecule has 10 heteroatoms. The first-order valence-electron chi connectivity index (χ1n) is 9.11. The molecule has 1 rings (SSSR count). The minimum absolute atomic E-state index is 0.0142. The number of halogens is 3. The van der Waals surface area contributed by atoms with Crippen molar-refractivity contribution in [2.75, 3.05) is 31.5 Å². The van der Waals surface area contributed by atoms with E-state index >= 15 is 0 Å². The molecule has 0 aliphatic carbocycles. The Bertz CT molecular complexity index is 638. The molecule has 28 heavy (non-hydrogen) atoms. The number of anilines is 1. The minimum atomic E-state index is -4.39. The van der Waals surface area contributed by atoms with E-state index in [1.54, 1.807) is 0 Å². The average Bonchev–Trinajstić information content (AvgIpc) is 2.57. The quantitative estimate of drug-likeness (QED) is 0.305. The Hall–Kier alpha value is -2.52. The number of hydrogen-bond acceptors (Lipinski definition) is 4. The first-order chi connectivity index (χ1) is 13.0. The Morgan fingerprint density at radius 3 is 2.39 bits per heavy atom. The number of carbonyl (C=O) groups excluding carboxylic acids is 1. The molecule has 1 heterocycles. The third-order valence-corrected chi connectivity index (χ3v) is 3.28. The van der Waals surface area contributed by atoms with Gasteiger partial charge in [0, 0.05) is 31.4 Å². The molecular weight excluding hydrogens is 373 g/mol. The Labute approximate surface area is 163 Å². The van der Waals surface area contributed by atoms with Gasteiger partial charge >= 0.3 is 6.18 Å². The number of rotatable bonds is 8. The second-order valence-corrected chi connectivity index (χ2v) is 7.13. The SMILES string of the molecule is CCNC(=NCC(=O)NC(C)(C)C)NCCCNc1ccc(C(F)(F)F)cn1. The maximum atomic E-state index is 12.5. The molecule has 1 aromatic heterocycles. The fourth-order valence-corrected chi connectivity index (χ4v) is 2.13. The fraction of sp³-hybridized carbons (Fsp3) is 0.611. The van der Waals surface area contributed by atoms with Gasteiger partial charge in [-0.3, -0.25) is 4.79 Å². The lowest BCUT2D eigenvalue weighted by molar-refractivity contribution is -0.137. The van der Waals surface area contributed by atoms with Gasteiger partial charge in [0.1, 0.15) is 12.4 Å². The number of aliphatic imine (C=N–C) groups is 1. The number of hydrogen-bond donors (Lipinski definition) is 4. The van der Waals surface area contributed by atoms with Crippen LogP contribution in [0.15, 0.2) is 23.3 Å². The van der Waals surface area contributed by atoms with Gasteiger partial charge in [-0.15, -0.1) is 0 Å². The van der Waals surface area contributed by atoms with Gasteiger partial charge in [-0.2, -0.15) is 13.2 Å². The molecule has 158 valence electrons. The van der Waals surface area contributed by atoms with Crippen LogP contribution in [0.25, 0.3) is 0 Å². The number of aromatic nitrogens is 1. The molecule has 1 amide bonds. The average molecular weight is 402 g/mol. The number of amides is 1. The molecule has 0 spiro atoms. The molecule has 0 aliphatic heterocycles. The van der Waals surface area contributed by atoms with Crippen molar-refractivity contribution in [3.63, 3.8) is 0 Å². The van der Waals surface area contributed by atoms with Crippen molar-refractivity contribution in [2.24, 2.45) is 4.99 Å². The standard InChI is InChI=1S/C18H29F3N6O/c1-5-22-16(26-12-15(28)27-17(2,3)4)24-10-6-9-23-14-8-7-13(11-25-14)18(19,20)21/h7-8,11H,5-6,9-10,12H2,1-4H3,(H,23,25)(H,27,28)(H2,22,24,26). The maximum absolute atomic E-state index is 12.5. The van der Waals surface area contributed by atoms with E-state index in [0.717, 1.165) is 12.3 Å². The molecule has 0 bridgehead atoms. The summed E-state index contributed by atoms with van der Waals surface area (Å²) in [7, 11) is 0. The molecule has 0 saturated carbocycles. The smallest absolute Gasteiger partial charge is 0.370 e. The minimum Gasteiger partial charge on any atom is -0.370 e. The van der Waals surface area contributed by atoms with Gasteiger partial charge < -0.3 is 21.3 Å². The van der Waals surface area contributed by atoms with Gasteiger partial charge in [-0.25, -0.2) is 9.98 Å². The third-order valence-electron chi connectivity index (χ3n) is 3.28. The summed E-state index contributed by atoms with van der Waals surface area (Å²) in [6.07, 6.45) is -2.90. The molecule has 7 nitrogen and oxygen atoms in total. The van der Waals surface area contributed by atoms with Crippen LogP contribution in [0.5, 0.6) is 0 Å². The van der Waals surface area contributed by atoms with E-state index in [4.69, 9.17) is 0 Å². The summed E-state index contributed by atoms with van der Waals surface area (Å²) >= 11 is 0. The van der Waals surface area contributed by atoms with Crippen LogP contribution in [0, 0.1) is 0 Å². The molecular formula is C18H29F3N6O. The molecule has 0 saturated heterocycles. The van der Waals surface area contributed by atoms with Crippen molar-refractivity contribution in [2.45, 2.75) is 45.8 Å². The molecule has 0 unspecified atom stereocenters. The second kappa shape index (κ2) is 10.7. The topological polar surface area (TPSA) is 90.4 Å². The monoisotopic (exact) mass is 402 g/mol. The van der Waals surface area contributed by atoms with Crippen LogP contribution in [-0.2, 0) is 11.0 Å². The number of guanidine groups is 1. The van der Waals surface area contributed by atoms with Crippen molar-refractivity contribution in [1.82, 2.24) is 20.9 Å². The summed E-state index contributed by atoms with van der Waals surface area (Å²) in [5.74, 6) is 0.742. The fourth-order valence-electron chi connectivity index (χ4n) is 2.13. The Morgan fingerprint density at radius 2 is 1.86 bits per heavy atom. The zero-order valence-corrected chi connectivity index (χ0v) is 16.7. The molecule has 0 aliphatic rings. The van der Waals surface area contributed by atoms with E-state index in [2.05, 4.69) is 31.2 Å². The maximum Gasteiger partial charge on any atom is 0.417 e. The summed E-state index contributed by atoms with van der Waals surface area (Å²) in [5, 5.41) is 12.0. The van der Waals surface area contributed by atoms with Crippen LogP contribution in [0.4, 0.5) is 19.0 Å². The number of carbonyl (C=O) groups is 1. The van der Waals surface area contributed by atoms with Crippen LogP contribution in [-0.4, -0.2) is 48.6 Å². The van der Waals surface area contributed by atoms with E-state index in [1.165, 1.54) is 6.07 Å². The van der Waals surface area contributed by atoms with Crippen LogP contribution >= 0.6 is 0 Å². The lowest BCUT2D eigenvalue weighted by atomic mass is 10.1. The van der Waals surface area contributed by atoms with Crippen LogP contribution in [0.1, 0.15) is 39.7 Å². The van der Waals surface area contributed by atoms with Gasteiger partial charge in [0.05, 0.1) is 5.56 Å². The third kappa shape index (κ3) is 9.98. The largest absolute Gasteiger partial charge is 0.417 e. The number of nitrogens with one attached hydrogen (secondary N) is 4. The van der Waals surface area contributed by atoms with Gasteiger partial charge in [0.2, 0.25) is 5.91 Å². The summed E-state index contributed by atoms with van der Waals surface area (Å²) < 4.78 is 37.5. The van der Waals surface area contributed by atoms with Gasteiger partial charge in [-0.1, -0.05) is 0 Å². The Morgan fingerprint density at radius 1 is 1.14 bits per heavy atom. The van der Waals surface area contributed by atoms with Crippen molar-refractivity contribution in [1.29, 1.82) is 0 Å². The lowest BCUT2D eigenvalue weighted by Gasteiger charge is -2.20. The molecule has 4 N–H and O–H groups in total. The molecule has 0 aromatic carbocycles. The van der Waals surface area contributed by atoms with Crippen LogP contribution < -0.4 is 21.3 Å². The van der Waals surface area contributed by atoms with E-state index in [-0.39, 0.29) is 18.0 Å². The van der Waals surface area contributed by atoms with Crippen LogP contribution in [0.2, 0.25) is 0 Å². The van der Waals surface area contributed by atoms with Crippen LogP contribution in [0.3, 0.4) is 0 Å². The number of alkyl halides is 3. The van der Waals surface area contributed by atoms with Crippen molar-refractivity contribution >= 4 is 17.7 Å². The zero-order chi connectivity index (χ0) is 21.2. The first kappa shape index (κ1) is 23.5. The Kier molecular flexibility index (Phi) is 9.01. The summed E-state index contributed by atoms with van der Waals surface area (Å²) in [4.78, 5) is 19.8. The van der Waals surface area contributed by atoms with Crippen molar-refractivity contribution in [3.8, 4) is 0 Å². The van der Waals surface area contributed by atoms with Gasteiger partial charge in [-0.05, 0) is 46.2 Å². The van der Waals surface area contributed by atoms with E-state index in [9.17, 15) is 18.0 Å². The molecule has 0 radical (unpaired) electrons.